The van der Waals surface area contributed by atoms with Gasteiger partial charge in [0.2, 0.25) is 17.7 Å². The Bertz CT molecular complexity index is 929. The number of alkyl halides is 1. The third-order valence-corrected chi connectivity index (χ3v) is 8.23. The highest BCUT2D eigenvalue weighted by Gasteiger charge is 2.76. The molecule has 0 radical (unpaired) electrons. The number of carbonyl (C=O) groups is 3. The van der Waals surface area contributed by atoms with Gasteiger partial charge in [0, 0.05) is 30.6 Å². The van der Waals surface area contributed by atoms with Gasteiger partial charge in [0.15, 0.2) is 0 Å². The third kappa shape index (κ3) is 5.00. The average molecular weight is 550 g/mol. The zero-order valence-electron chi connectivity index (χ0n) is 20.4. The van der Waals surface area contributed by atoms with Crippen molar-refractivity contribution in [2.24, 2.45) is 11.8 Å². The molecule has 3 saturated heterocycles. The molecule has 1 aromatic rings. The number of amides is 3. The first-order valence-electron chi connectivity index (χ1n) is 12.7. The van der Waals surface area contributed by atoms with Gasteiger partial charge in [-0.25, -0.2) is 0 Å². The number of hydrogen-bond donors (Lipinski definition) is 3. The molecule has 3 aliphatic rings. The van der Waals surface area contributed by atoms with Crippen molar-refractivity contribution in [2.75, 3.05) is 13.2 Å². The van der Waals surface area contributed by atoms with Crippen LogP contribution in [0.15, 0.2) is 30.3 Å². The van der Waals surface area contributed by atoms with Crippen molar-refractivity contribution in [1.29, 1.82) is 0 Å². The van der Waals surface area contributed by atoms with Crippen molar-refractivity contribution >= 4 is 33.7 Å². The van der Waals surface area contributed by atoms with Crippen LogP contribution in [0.5, 0.6) is 0 Å². The summed E-state index contributed by atoms with van der Waals surface area (Å²) in [6, 6.07) is 8.80. The molecule has 3 fully saturated rings. The van der Waals surface area contributed by atoms with Crippen LogP contribution in [0.4, 0.5) is 0 Å². The van der Waals surface area contributed by atoms with Crippen molar-refractivity contribution in [2.45, 2.75) is 81.1 Å². The average Bonchev–Trinajstić information content (AvgIpc) is 3.41. The number of nitrogens with one attached hydrogen (secondary N) is 2. The smallest absolute Gasteiger partial charge is 0.246 e. The summed E-state index contributed by atoms with van der Waals surface area (Å²) in [5.41, 5.74) is -0.0409. The lowest BCUT2D eigenvalue weighted by atomic mass is 9.70. The molecule has 1 spiro atoms. The molecule has 9 heteroatoms. The van der Waals surface area contributed by atoms with Crippen molar-refractivity contribution in [1.82, 2.24) is 15.5 Å². The second-order valence-electron chi connectivity index (χ2n) is 10.2. The van der Waals surface area contributed by atoms with Crippen LogP contribution >= 0.6 is 15.9 Å². The maximum absolute atomic E-state index is 13.8. The Morgan fingerprint density at radius 2 is 1.89 bits per heavy atom. The number of carbonyl (C=O) groups excluding carboxylic acids is 3. The Hall–Kier alpha value is -1.97. The Balaban J connectivity index is 1.57. The Kier molecular flexibility index (Phi) is 8.18. The minimum Gasteiger partial charge on any atom is -0.396 e. The van der Waals surface area contributed by atoms with E-state index in [0.717, 1.165) is 31.2 Å². The maximum atomic E-state index is 13.8. The SMILES string of the molecule is CC(C)NC(=O)C1N(CCCCCCO)C(=O)[C@@H]2[C@@H](C(=O)NCc3ccccc3)[C@@H]3OC12CC3Br. The van der Waals surface area contributed by atoms with Gasteiger partial charge in [0.25, 0.3) is 0 Å². The molecular weight excluding hydrogens is 514 g/mol. The lowest BCUT2D eigenvalue weighted by Gasteiger charge is -2.34. The molecule has 4 rings (SSSR count). The number of aliphatic hydroxyl groups excluding tert-OH is 1. The van der Waals surface area contributed by atoms with Gasteiger partial charge in [-0.05, 0) is 38.7 Å². The molecule has 35 heavy (non-hydrogen) atoms. The van der Waals surface area contributed by atoms with E-state index >= 15 is 0 Å². The summed E-state index contributed by atoms with van der Waals surface area (Å²) < 4.78 is 6.48. The highest BCUT2D eigenvalue weighted by atomic mass is 79.9. The zero-order valence-corrected chi connectivity index (χ0v) is 22.0. The number of benzene rings is 1. The quantitative estimate of drug-likeness (QED) is 0.289. The summed E-state index contributed by atoms with van der Waals surface area (Å²) in [7, 11) is 0. The summed E-state index contributed by atoms with van der Waals surface area (Å²) in [6.45, 7) is 4.73. The number of aliphatic hydroxyl groups is 1. The van der Waals surface area contributed by atoms with Crippen LogP contribution in [-0.4, -0.2) is 69.5 Å². The first-order valence-corrected chi connectivity index (χ1v) is 13.6. The van der Waals surface area contributed by atoms with Crippen LogP contribution < -0.4 is 10.6 Å². The number of likely N-dealkylation sites (tertiary alicyclic amines) is 1. The highest BCUT2D eigenvalue weighted by molar-refractivity contribution is 9.09. The molecule has 2 bridgehead atoms. The van der Waals surface area contributed by atoms with E-state index in [0.29, 0.717) is 19.5 Å². The van der Waals surface area contributed by atoms with Crippen molar-refractivity contribution in [3.63, 3.8) is 0 Å². The van der Waals surface area contributed by atoms with E-state index in [1.807, 2.05) is 44.2 Å². The third-order valence-electron chi connectivity index (χ3n) is 7.39. The van der Waals surface area contributed by atoms with E-state index in [1.54, 1.807) is 4.90 Å². The van der Waals surface area contributed by atoms with Crippen LogP contribution in [-0.2, 0) is 25.7 Å². The fourth-order valence-corrected chi connectivity index (χ4v) is 6.93. The fourth-order valence-electron chi connectivity index (χ4n) is 5.98. The summed E-state index contributed by atoms with van der Waals surface area (Å²) >= 11 is 3.69. The number of nitrogens with zero attached hydrogens (tertiary/aromatic N) is 1. The van der Waals surface area contributed by atoms with Gasteiger partial charge in [-0.3, -0.25) is 14.4 Å². The zero-order chi connectivity index (χ0) is 25.2. The van der Waals surface area contributed by atoms with E-state index in [-0.39, 0.29) is 35.2 Å². The van der Waals surface area contributed by atoms with Gasteiger partial charge < -0.3 is 25.4 Å². The van der Waals surface area contributed by atoms with Crippen molar-refractivity contribution in [3.8, 4) is 0 Å². The number of rotatable bonds is 11. The normalized spacial score (nSPS) is 31.2. The topological polar surface area (TPSA) is 108 Å². The summed E-state index contributed by atoms with van der Waals surface area (Å²) in [6.07, 6.45) is 3.21. The minimum absolute atomic E-state index is 0.0807. The number of ether oxygens (including phenoxy) is 1. The molecule has 3 unspecified atom stereocenters. The minimum atomic E-state index is -1.02. The van der Waals surface area contributed by atoms with E-state index in [4.69, 9.17) is 9.84 Å². The molecule has 6 atom stereocenters. The molecule has 3 amide bonds. The number of halogens is 1. The Morgan fingerprint density at radius 3 is 2.57 bits per heavy atom. The van der Waals surface area contributed by atoms with E-state index in [1.165, 1.54) is 0 Å². The van der Waals surface area contributed by atoms with Crippen molar-refractivity contribution < 1.29 is 24.2 Å². The predicted octanol–water partition coefficient (Wildman–Crippen LogP) is 2.13. The largest absolute Gasteiger partial charge is 0.396 e. The first kappa shape index (κ1) is 26.1. The van der Waals surface area contributed by atoms with Crippen LogP contribution in [0.1, 0.15) is 51.5 Å². The van der Waals surface area contributed by atoms with Gasteiger partial charge in [0.1, 0.15) is 11.6 Å². The van der Waals surface area contributed by atoms with Crippen LogP contribution in [0.25, 0.3) is 0 Å². The second kappa shape index (κ2) is 11.0. The van der Waals surface area contributed by atoms with E-state index in [2.05, 4.69) is 26.6 Å². The molecular formula is C26H36BrN3O5. The van der Waals surface area contributed by atoms with E-state index < -0.39 is 29.6 Å². The Morgan fingerprint density at radius 1 is 1.17 bits per heavy atom. The van der Waals surface area contributed by atoms with Gasteiger partial charge in [-0.15, -0.1) is 0 Å². The fraction of sp³-hybridized carbons (Fsp3) is 0.654. The van der Waals surface area contributed by atoms with Gasteiger partial charge in [-0.1, -0.05) is 59.1 Å². The standard InChI is InChI=1S/C26H36BrN3O5/c1-16(2)29-24(33)22-26-14-18(27)21(35-26)19(23(32)28-15-17-10-6-5-7-11-17)20(26)25(34)30(22)12-8-3-4-9-13-31/h5-7,10-11,16,18-22,31H,3-4,8-9,12-15H2,1-2H3,(H,28,32)(H,29,33)/t18?,19-,20+,21-,22?,26?/m1/s1. The monoisotopic (exact) mass is 549 g/mol. The lowest BCUT2D eigenvalue weighted by molar-refractivity contribution is -0.142. The summed E-state index contributed by atoms with van der Waals surface area (Å²) in [5.74, 6) is -1.94. The Labute approximate surface area is 215 Å². The van der Waals surface area contributed by atoms with Gasteiger partial charge in [-0.2, -0.15) is 0 Å². The summed E-state index contributed by atoms with van der Waals surface area (Å²) in [5, 5.41) is 15.0. The molecule has 3 aliphatic heterocycles. The molecule has 8 nitrogen and oxygen atoms in total. The molecule has 1 aromatic carbocycles. The molecule has 192 valence electrons. The molecule has 0 saturated carbocycles. The number of hydrogen-bond acceptors (Lipinski definition) is 5. The molecule has 3 N–H and O–H groups in total. The number of unbranched alkanes of at least 4 members (excludes halogenated alkanes) is 3. The van der Waals surface area contributed by atoms with Gasteiger partial charge in [0.05, 0.1) is 17.9 Å². The van der Waals surface area contributed by atoms with Crippen LogP contribution in [0.3, 0.4) is 0 Å². The van der Waals surface area contributed by atoms with Crippen molar-refractivity contribution in [3.05, 3.63) is 35.9 Å². The highest BCUT2D eigenvalue weighted by Crippen LogP contribution is 2.60. The van der Waals surface area contributed by atoms with Crippen LogP contribution in [0, 0.1) is 11.8 Å². The van der Waals surface area contributed by atoms with Crippen LogP contribution in [0.2, 0.25) is 0 Å². The first-order chi connectivity index (χ1) is 16.8. The lowest BCUT2D eigenvalue weighted by Crippen LogP contribution is -2.57. The molecule has 3 heterocycles. The molecule has 0 aliphatic carbocycles. The predicted molar refractivity (Wildman–Crippen MR) is 135 cm³/mol. The second-order valence-corrected chi connectivity index (χ2v) is 11.4. The molecule has 0 aromatic heterocycles. The number of fused-ring (bicyclic) bond motifs is 1. The maximum Gasteiger partial charge on any atom is 0.246 e. The van der Waals surface area contributed by atoms with Gasteiger partial charge >= 0.3 is 0 Å². The van der Waals surface area contributed by atoms with E-state index in [9.17, 15) is 14.4 Å². The summed E-state index contributed by atoms with van der Waals surface area (Å²) in [4.78, 5) is 42.2.